The summed E-state index contributed by atoms with van der Waals surface area (Å²) in [4.78, 5) is 20.1. The summed E-state index contributed by atoms with van der Waals surface area (Å²) in [6.45, 7) is 3.06. The van der Waals surface area contributed by atoms with Crippen molar-refractivity contribution in [2.24, 2.45) is 0 Å². The predicted octanol–water partition coefficient (Wildman–Crippen LogP) is 5.27. The number of carbonyl (C=O) groups excluding carboxylic acids is 1. The number of aromatic nitrogens is 1. The van der Waals surface area contributed by atoms with Gasteiger partial charge in [0.1, 0.15) is 11.3 Å². The normalized spacial score (nSPS) is 12.2. The van der Waals surface area contributed by atoms with Crippen molar-refractivity contribution >= 4 is 32.6 Å². The van der Waals surface area contributed by atoms with E-state index >= 15 is 0 Å². The highest BCUT2D eigenvalue weighted by molar-refractivity contribution is 7.22. The van der Waals surface area contributed by atoms with Gasteiger partial charge in [-0.3, -0.25) is 9.69 Å². The molecule has 1 aliphatic heterocycles. The Balaban J connectivity index is 1.56. The Morgan fingerprint density at radius 1 is 1.06 bits per heavy atom. The number of fused-ring (bicyclic) bond motifs is 2. The van der Waals surface area contributed by atoms with Crippen molar-refractivity contribution in [1.29, 1.82) is 0 Å². The number of hydrogen-bond acceptors (Lipinski definition) is 6. The highest BCUT2D eigenvalue weighted by atomic mass is 32.1. The van der Waals surface area contributed by atoms with Crippen LogP contribution in [-0.4, -0.2) is 24.3 Å². The molecule has 0 fully saturated rings. The molecule has 31 heavy (non-hydrogen) atoms. The lowest BCUT2D eigenvalue weighted by Crippen LogP contribution is -2.30. The maximum atomic E-state index is 13.6. The topological polar surface area (TPSA) is 60.9 Å². The summed E-state index contributed by atoms with van der Waals surface area (Å²) in [5.41, 5.74) is 2.30. The Morgan fingerprint density at radius 3 is 2.74 bits per heavy atom. The first-order valence-corrected chi connectivity index (χ1v) is 10.8. The fourth-order valence-electron chi connectivity index (χ4n) is 3.48. The fourth-order valence-corrected chi connectivity index (χ4v) is 4.46. The zero-order valence-electron chi connectivity index (χ0n) is 16.9. The summed E-state index contributed by atoms with van der Waals surface area (Å²) >= 11 is 1.47. The third kappa shape index (κ3) is 3.80. The van der Waals surface area contributed by atoms with Crippen molar-refractivity contribution in [3.8, 4) is 17.2 Å². The molecular formula is C24H20N2O4S. The van der Waals surface area contributed by atoms with E-state index in [9.17, 15) is 4.79 Å². The molecule has 2 heterocycles. The number of rotatable bonds is 6. The van der Waals surface area contributed by atoms with Crippen molar-refractivity contribution in [2.75, 3.05) is 18.3 Å². The average Bonchev–Trinajstić information content (AvgIpc) is 3.45. The van der Waals surface area contributed by atoms with Gasteiger partial charge in [0.2, 0.25) is 6.79 Å². The second kappa shape index (κ2) is 8.28. The Hall–Kier alpha value is -3.58. The third-order valence-corrected chi connectivity index (χ3v) is 5.99. The van der Waals surface area contributed by atoms with Crippen LogP contribution in [0.4, 0.5) is 5.13 Å². The van der Waals surface area contributed by atoms with Gasteiger partial charge in [-0.1, -0.05) is 47.7 Å². The van der Waals surface area contributed by atoms with Crippen molar-refractivity contribution in [1.82, 2.24) is 4.98 Å². The lowest BCUT2D eigenvalue weighted by Gasteiger charge is -2.20. The van der Waals surface area contributed by atoms with E-state index in [0.29, 0.717) is 35.3 Å². The van der Waals surface area contributed by atoms with Gasteiger partial charge in [0.25, 0.3) is 5.91 Å². The average molecular weight is 433 g/mol. The zero-order valence-corrected chi connectivity index (χ0v) is 17.7. The zero-order chi connectivity index (χ0) is 21.2. The number of anilines is 1. The first-order valence-electron chi connectivity index (χ1n) is 10.0. The minimum Gasteiger partial charge on any atom is -0.492 e. The van der Waals surface area contributed by atoms with Crippen LogP contribution < -0.4 is 19.1 Å². The van der Waals surface area contributed by atoms with Gasteiger partial charge in [0.15, 0.2) is 16.6 Å². The van der Waals surface area contributed by atoms with E-state index in [2.05, 4.69) is 0 Å². The minimum atomic E-state index is -0.154. The molecular weight excluding hydrogens is 412 g/mol. The molecule has 0 radical (unpaired) electrons. The van der Waals surface area contributed by atoms with Crippen LogP contribution in [0.15, 0.2) is 66.7 Å². The molecule has 156 valence electrons. The number of ether oxygens (including phenoxy) is 3. The van der Waals surface area contributed by atoms with Crippen LogP contribution in [0.25, 0.3) is 10.2 Å². The summed E-state index contributed by atoms with van der Waals surface area (Å²) < 4.78 is 17.5. The number of thiazole rings is 1. The summed E-state index contributed by atoms with van der Waals surface area (Å²) in [5.74, 6) is 1.79. The SMILES string of the molecule is CCOc1cccc2sc(N(Cc3ccccc3)C(=O)c3ccc4c(c3)OCO4)nc12. The molecule has 6 nitrogen and oxygen atoms in total. The van der Waals surface area contributed by atoms with Crippen LogP contribution in [-0.2, 0) is 6.54 Å². The van der Waals surface area contributed by atoms with E-state index in [1.165, 1.54) is 11.3 Å². The molecule has 0 unspecified atom stereocenters. The number of amides is 1. The highest BCUT2D eigenvalue weighted by Gasteiger charge is 2.25. The predicted molar refractivity (Wildman–Crippen MR) is 120 cm³/mol. The van der Waals surface area contributed by atoms with Crippen molar-refractivity contribution < 1.29 is 19.0 Å². The largest absolute Gasteiger partial charge is 0.492 e. The maximum Gasteiger partial charge on any atom is 0.260 e. The van der Waals surface area contributed by atoms with Crippen molar-refractivity contribution in [3.05, 3.63) is 77.9 Å². The van der Waals surface area contributed by atoms with Crippen LogP contribution in [0.3, 0.4) is 0 Å². The molecule has 1 amide bonds. The van der Waals surface area contributed by atoms with Crippen LogP contribution >= 0.6 is 11.3 Å². The van der Waals surface area contributed by atoms with Crippen LogP contribution in [0, 0.1) is 0 Å². The van der Waals surface area contributed by atoms with E-state index in [1.807, 2.05) is 55.5 Å². The van der Waals surface area contributed by atoms with Crippen molar-refractivity contribution in [2.45, 2.75) is 13.5 Å². The van der Waals surface area contributed by atoms with E-state index in [1.54, 1.807) is 23.1 Å². The van der Waals surface area contributed by atoms with E-state index in [-0.39, 0.29) is 12.7 Å². The van der Waals surface area contributed by atoms with Gasteiger partial charge in [-0.15, -0.1) is 0 Å². The molecule has 0 bridgehead atoms. The van der Waals surface area contributed by atoms with Gasteiger partial charge in [0.05, 0.1) is 17.9 Å². The van der Waals surface area contributed by atoms with Crippen molar-refractivity contribution in [3.63, 3.8) is 0 Å². The molecule has 4 aromatic rings. The van der Waals surface area contributed by atoms with Crippen LogP contribution in [0.5, 0.6) is 17.2 Å². The first-order chi connectivity index (χ1) is 15.2. The maximum absolute atomic E-state index is 13.6. The van der Waals surface area contributed by atoms with Crippen LogP contribution in [0.1, 0.15) is 22.8 Å². The Morgan fingerprint density at radius 2 is 1.90 bits per heavy atom. The monoisotopic (exact) mass is 432 g/mol. The molecule has 3 aromatic carbocycles. The molecule has 0 saturated carbocycles. The molecule has 0 N–H and O–H groups in total. The van der Waals surface area contributed by atoms with Gasteiger partial charge >= 0.3 is 0 Å². The Labute approximate surface area is 183 Å². The standard InChI is InChI=1S/C24H20N2O4S/c1-2-28-19-9-6-10-21-22(19)25-24(31-21)26(14-16-7-4-3-5-8-16)23(27)17-11-12-18-20(13-17)30-15-29-18/h3-13H,2,14-15H2,1H3. The Kier molecular flexibility index (Phi) is 5.18. The number of hydrogen-bond donors (Lipinski definition) is 0. The van der Waals surface area contributed by atoms with Gasteiger partial charge in [-0.2, -0.15) is 0 Å². The van der Waals surface area contributed by atoms with Gasteiger partial charge < -0.3 is 14.2 Å². The third-order valence-electron chi connectivity index (χ3n) is 4.95. The smallest absolute Gasteiger partial charge is 0.260 e. The Bertz CT molecular complexity index is 1240. The second-order valence-corrected chi connectivity index (χ2v) is 7.99. The van der Waals surface area contributed by atoms with E-state index in [0.717, 1.165) is 21.5 Å². The number of nitrogens with zero attached hydrogens (tertiary/aromatic N) is 2. The highest BCUT2D eigenvalue weighted by Crippen LogP contribution is 2.37. The molecule has 5 rings (SSSR count). The molecule has 1 aromatic heterocycles. The number of carbonyl (C=O) groups is 1. The summed E-state index contributed by atoms with van der Waals surface area (Å²) in [6, 6.07) is 21.0. The summed E-state index contributed by atoms with van der Waals surface area (Å²) in [7, 11) is 0. The molecule has 1 aliphatic rings. The first kappa shape index (κ1) is 19.4. The summed E-state index contributed by atoms with van der Waals surface area (Å²) in [6.07, 6.45) is 0. The second-order valence-electron chi connectivity index (χ2n) is 6.98. The quantitative estimate of drug-likeness (QED) is 0.415. The van der Waals surface area contributed by atoms with Gasteiger partial charge in [-0.05, 0) is 42.8 Å². The van der Waals surface area contributed by atoms with Crippen LogP contribution in [0.2, 0.25) is 0 Å². The number of para-hydroxylation sites is 1. The molecule has 0 atom stereocenters. The fraction of sp³-hybridized carbons (Fsp3) is 0.167. The van der Waals surface area contributed by atoms with E-state index in [4.69, 9.17) is 19.2 Å². The molecule has 0 aliphatic carbocycles. The lowest BCUT2D eigenvalue weighted by molar-refractivity contribution is 0.0984. The molecule has 0 spiro atoms. The van der Waals surface area contributed by atoms with Gasteiger partial charge in [-0.25, -0.2) is 4.98 Å². The number of benzene rings is 3. The molecule has 0 saturated heterocycles. The van der Waals surface area contributed by atoms with E-state index < -0.39 is 0 Å². The summed E-state index contributed by atoms with van der Waals surface area (Å²) in [5, 5.41) is 0.619. The molecule has 7 heteroatoms. The minimum absolute atomic E-state index is 0.154. The lowest BCUT2D eigenvalue weighted by atomic mass is 10.1. The van der Waals surface area contributed by atoms with Gasteiger partial charge in [0, 0.05) is 5.56 Å².